The maximum atomic E-state index is 2.48. The SMILES string of the molecule is CC.CC.CC1CCCC(C2CCC(C3CCC(C)CC3)CC2)CC1. The molecule has 0 aromatic heterocycles. The largest absolute Gasteiger partial charge is 0.0683 e. The van der Waals surface area contributed by atoms with Crippen molar-refractivity contribution >= 4 is 0 Å². The molecule has 2 unspecified atom stereocenters. The van der Waals surface area contributed by atoms with Crippen molar-refractivity contribution in [3.63, 3.8) is 0 Å². The molecule has 0 spiro atoms. The van der Waals surface area contributed by atoms with Crippen molar-refractivity contribution < 1.29 is 0 Å². The fraction of sp³-hybridized carbons (Fsp3) is 1.00. The Hall–Kier alpha value is 0. The molecule has 3 rings (SSSR count). The summed E-state index contributed by atoms with van der Waals surface area (Å²) < 4.78 is 0. The predicted octanol–water partition coefficient (Wildman–Crippen LogP) is 8.89. The van der Waals surface area contributed by atoms with Crippen LogP contribution in [0, 0.1) is 35.5 Å². The highest BCUT2D eigenvalue weighted by Gasteiger charge is 2.33. The van der Waals surface area contributed by atoms with Crippen LogP contribution < -0.4 is 0 Å². The van der Waals surface area contributed by atoms with E-state index in [2.05, 4.69) is 13.8 Å². The standard InChI is InChI=1S/C21H38.2C2H6/c1-16-4-3-5-18(9-6-16)20-12-14-21(15-13-20)19-10-7-17(2)8-11-19;2*1-2/h16-21H,3-15H2,1-2H3;2*1-2H3. The normalized spacial score (nSPS) is 39.1. The van der Waals surface area contributed by atoms with Gasteiger partial charge in [-0.15, -0.1) is 0 Å². The van der Waals surface area contributed by atoms with Gasteiger partial charge in [0.05, 0.1) is 0 Å². The maximum Gasteiger partial charge on any atom is -0.0386 e. The molecule has 3 aliphatic rings. The van der Waals surface area contributed by atoms with Gasteiger partial charge in [-0.05, 0) is 80.5 Å². The molecule has 0 bridgehead atoms. The highest BCUT2D eigenvalue weighted by atomic mass is 14.4. The number of hydrogen-bond donors (Lipinski definition) is 0. The van der Waals surface area contributed by atoms with Gasteiger partial charge in [-0.1, -0.05) is 80.1 Å². The van der Waals surface area contributed by atoms with Crippen LogP contribution in [0.4, 0.5) is 0 Å². The highest BCUT2D eigenvalue weighted by Crippen LogP contribution is 2.45. The molecule has 0 saturated heterocycles. The van der Waals surface area contributed by atoms with E-state index in [4.69, 9.17) is 0 Å². The first-order valence-electron chi connectivity index (χ1n) is 12.2. The predicted molar refractivity (Wildman–Crippen MR) is 115 cm³/mol. The molecule has 0 aromatic carbocycles. The molecule has 25 heavy (non-hydrogen) atoms. The monoisotopic (exact) mass is 350 g/mol. The molecular weight excluding hydrogens is 300 g/mol. The summed E-state index contributed by atoms with van der Waals surface area (Å²) in [5.74, 6) is 6.45. The molecular formula is C25H50. The van der Waals surface area contributed by atoms with Crippen molar-refractivity contribution in [2.45, 2.75) is 125 Å². The van der Waals surface area contributed by atoms with E-state index in [0.717, 1.165) is 35.5 Å². The summed E-state index contributed by atoms with van der Waals surface area (Å²) in [6.07, 6.45) is 20.1. The molecule has 0 N–H and O–H groups in total. The second-order valence-corrected chi connectivity index (χ2v) is 9.07. The molecule has 3 aliphatic carbocycles. The fourth-order valence-electron chi connectivity index (χ4n) is 5.83. The lowest BCUT2D eigenvalue weighted by atomic mass is 9.67. The Labute approximate surface area is 160 Å². The average Bonchev–Trinajstić information content (AvgIpc) is 2.90. The summed E-state index contributed by atoms with van der Waals surface area (Å²) in [5.41, 5.74) is 0. The van der Waals surface area contributed by atoms with Gasteiger partial charge in [0.25, 0.3) is 0 Å². The van der Waals surface area contributed by atoms with Crippen LogP contribution >= 0.6 is 0 Å². The average molecular weight is 351 g/mol. The van der Waals surface area contributed by atoms with E-state index in [9.17, 15) is 0 Å². The highest BCUT2D eigenvalue weighted by molar-refractivity contribution is 4.84. The van der Waals surface area contributed by atoms with Gasteiger partial charge >= 0.3 is 0 Å². The van der Waals surface area contributed by atoms with Gasteiger partial charge in [-0.25, -0.2) is 0 Å². The zero-order valence-corrected chi connectivity index (χ0v) is 18.7. The Morgan fingerprint density at radius 3 is 1.04 bits per heavy atom. The third-order valence-corrected chi connectivity index (χ3v) is 7.51. The summed E-state index contributed by atoms with van der Waals surface area (Å²) in [6, 6.07) is 0. The summed E-state index contributed by atoms with van der Waals surface area (Å²) >= 11 is 0. The summed E-state index contributed by atoms with van der Waals surface area (Å²) in [7, 11) is 0. The summed E-state index contributed by atoms with van der Waals surface area (Å²) in [6.45, 7) is 12.9. The molecule has 0 radical (unpaired) electrons. The lowest BCUT2D eigenvalue weighted by Gasteiger charge is -2.39. The van der Waals surface area contributed by atoms with Gasteiger partial charge < -0.3 is 0 Å². The second-order valence-electron chi connectivity index (χ2n) is 9.07. The van der Waals surface area contributed by atoms with Crippen molar-refractivity contribution in [3.05, 3.63) is 0 Å². The lowest BCUT2D eigenvalue weighted by Crippen LogP contribution is -2.27. The Morgan fingerprint density at radius 2 is 0.640 bits per heavy atom. The molecule has 0 heterocycles. The minimum atomic E-state index is 1.01. The first-order valence-corrected chi connectivity index (χ1v) is 12.2. The van der Waals surface area contributed by atoms with Crippen molar-refractivity contribution in [1.29, 1.82) is 0 Å². The zero-order chi connectivity index (χ0) is 18.7. The fourth-order valence-corrected chi connectivity index (χ4v) is 5.83. The van der Waals surface area contributed by atoms with Gasteiger partial charge in [-0.3, -0.25) is 0 Å². The van der Waals surface area contributed by atoms with Crippen LogP contribution in [0.3, 0.4) is 0 Å². The Morgan fingerprint density at radius 1 is 0.360 bits per heavy atom. The topological polar surface area (TPSA) is 0 Å². The smallest absolute Gasteiger partial charge is 0.0386 e. The van der Waals surface area contributed by atoms with Gasteiger partial charge in [0.2, 0.25) is 0 Å². The van der Waals surface area contributed by atoms with E-state index >= 15 is 0 Å². The molecule has 0 nitrogen and oxygen atoms in total. The van der Waals surface area contributed by atoms with Gasteiger partial charge in [-0.2, -0.15) is 0 Å². The van der Waals surface area contributed by atoms with Crippen molar-refractivity contribution in [2.75, 3.05) is 0 Å². The van der Waals surface area contributed by atoms with E-state index in [1.54, 1.807) is 51.4 Å². The maximum absolute atomic E-state index is 2.48. The molecule has 3 saturated carbocycles. The van der Waals surface area contributed by atoms with Crippen LogP contribution in [0.5, 0.6) is 0 Å². The molecule has 3 fully saturated rings. The number of rotatable bonds is 2. The minimum absolute atomic E-state index is 1.01. The Bertz CT molecular complexity index is 291. The third-order valence-electron chi connectivity index (χ3n) is 7.51. The molecule has 0 aliphatic heterocycles. The Kier molecular flexibility index (Phi) is 12.2. The van der Waals surface area contributed by atoms with Gasteiger partial charge in [0.15, 0.2) is 0 Å². The second kappa shape index (κ2) is 13.2. The van der Waals surface area contributed by atoms with E-state index in [0.29, 0.717) is 0 Å². The van der Waals surface area contributed by atoms with Crippen LogP contribution in [-0.4, -0.2) is 0 Å². The third kappa shape index (κ3) is 7.64. The van der Waals surface area contributed by atoms with Crippen LogP contribution in [0.25, 0.3) is 0 Å². The molecule has 0 amide bonds. The van der Waals surface area contributed by atoms with Crippen LogP contribution in [-0.2, 0) is 0 Å². The van der Waals surface area contributed by atoms with E-state index in [1.807, 2.05) is 27.7 Å². The summed E-state index contributed by atoms with van der Waals surface area (Å²) in [4.78, 5) is 0. The lowest BCUT2D eigenvalue weighted by molar-refractivity contribution is 0.122. The Balaban J connectivity index is 0.000000730. The van der Waals surface area contributed by atoms with E-state index < -0.39 is 0 Å². The summed E-state index contributed by atoms with van der Waals surface area (Å²) in [5, 5.41) is 0. The van der Waals surface area contributed by atoms with Crippen LogP contribution in [0.15, 0.2) is 0 Å². The molecule has 150 valence electrons. The molecule has 0 heteroatoms. The van der Waals surface area contributed by atoms with Crippen molar-refractivity contribution in [2.24, 2.45) is 35.5 Å². The first kappa shape index (κ1) is 23.0. The van der Waals surface area contributed by atoms with Crippen molar-refractivity contribution in [3.8, 4) is 0 Å². The minimum Gasteiger partial charge on any atom is -0.0683 e. The van der Waals surface area contributed by atoms with Crippen LogP contribution in [0.1, 0.15) is 125 Å². The van der Waals surface area contributed by atoms with E-state index in [1.165, 1.54) is 32.1 Å². The quantitative estimate of drug-likeness (QED) is 0.436. The van der Waals surface area contributed by atoms with E-state index in [-0.39, 0.29) is 0 Å². The zero-order valence-electron chi connectivity index (χ0n) is 18.7. The van der Waals surface area contributed by atoms with Crippen LogP contribution in [0.2, 0.25) is 0 Å². The van der Waals surface area contributed by atoms with Crippen molar-refractivity contribution in [1.82, 2.24) is 0 Å². The molecule has 2 atom stereocenters. The van der Waals surface area contributed by atoms with Gasteiger partial charge in [0.1, 0.15) is 0 Å². The number of hydrogen-bond acceptors (Lipinski definition) is 0. The first-order chi connectivity index (χ1) is 12.2. The molecule has 0 aromatic rings. The van der Waals surface area contributed by atoms with Gasteiger partial charge in [0, 0.05) is 0 Å².